The van der Waals surface area contributed by atoms with Gasteiger partial charge in [-0.05, 0) is 58.6 Å². The lowest BCUT2D eigenvalue weighted by Crippen LogP contribution is -2.47. The van der Waals surface area contributed by atoms with Crippen LogP contribution in [0.5, 0.6) is 0 Å². The van der Waals surface area contributed by atoms with Gasteiger partial charge >= 0.3 is 12.1 Å². The zero-order valence-electron chi connectivity index (χ0n) is 16.8. The second-order valence-electron chi connectivity index (χ2n) is 8.04. The summed E-state index contributed by atoms with van der Waals surface area (Å²) in [6.45, 7) is 8.58. The van der Waals surface area contributed by atoms with E-state index in [0.717, 1.165) is 5.56 Å². The minimum absolute atomic E-state index is 0.0582. The number of rotatable bonds is 4. The van der Waals surface area contributed by atoms with Gasteiger partial charge in [0, 0.05) is 19.6 Å². The van der Waals surface area contributed by atoms with E-state index in [4.69, 9.17) is 4.74 Å². The second kappa shape index (κ2) is 8.81. The fourth-order valence-corrected chi connectivity index (χ4v) is 3.81. The zero-order valence-corrected chi connectivity index (χ0v) is 17.6. The first kappa shape index (κ1) is 22.0. The molecule has 0 aromatic heterocycles. The number of hydrogen-bond donors (Lipinski definition) is 2. The van der Waals surface area contributed by atoms with Crippen molar-refractivity contribution in [2.45, 2.75) is 51.0 Å². The lowest BCUT2D eigenvalue weighted by atomic mass is 9.97. The van der Waals surface area contributed by atoms with Crippen LogP contribution in [0.15, 0.2) is 29.2 Å². The van der Waals surface area contributed by atoms with Crippen LogP contribution < -0.4 is 10.0 Å². The molecule has 9 heteroatoms. The van der Waals surface area contributed by atoms with Crippen molar-refractivity contribution in [2.75, 3.05) is 19.6 Å². The van der Waals surface area contributed by atoms with Crippen LogP contribution in [-0.4, -0.2) is 50.7 Å². The molecule has 2 N–H and O–H groups in total. The Labute approximate surface area is 166 Å². The maximum Gasteiger partial charge on any atom is 0.407 e. The van der Waals surface area contributed by atoms with Gasteiger partial charge in [-0.25, -0.2) is 22.7 Å². The van der Waals surface area contributed by atoms with Crippen LogP contribution in [-0.2, 0) is 14.8 Å². The number of nitrogens with one attached hydrogen (secondary N) is 2. The molecule has 3 amide bonds. The molecule has 28 heavy (non-hydrogen) atoms. The molecule has 0 spiro atoms. The summed E-state index contributed by atoms with van der Waals surface area (Å²) < 4.78 is 32.0. The number of piperidine rings is 1. The topological polar surface area (TPSA) is 105 Å². The molecule has 0 unspecified atom stereocenters. The molecule has 2 rings (SSSR count). The number of benzene rings is 1. The van der Waals surface area contributed by atoms with E-state index in [9.17, 15) is 18.0 Å². The monoisotopic (exact) mass is 411 g/mol. The molecule has 156 valence electrons. The Hall–Kier alpha value is -2.29. The second-order valence-corrected chi connectivity index (χ2v) is 9.72. The average molecular weight is 412 g/mol. The van der Waals surface area contributed by atoms with Crippen LogP contribution in [0.3, 0.4) is 0 Å². The molecule has 1 aliphatic heterocycles. The van der Waals surface area contributed by atoms with Gasteiger partial charge in [0.25, 0.3) is 10.0 Å². The first-order valence-electron chi connectivity index (χ1n) is 9.31. The van der Waals surface area contributed by atoms with Gasteiger partial charge in [0.15, 0.2) is 0 Å². The maximum atomic E-state index is 12.3. The van der Waals surface area contributed by atoms with Gasteiger partial charge in [-0.3, -0.25) is 0 Å². The molecular formula is C19H29N3O5S. The molecule has 1 aromatic carbocycles. The maximum absolute atomic E-state index is 12.3. The van der Waals surface area contributed by atoms with E-state index < -0.39 is 27.7 Å². The van der Waals surface area contributed by atoms with E-state index in [1.807, 2.05) is 6.92 Å². The van der Waals surface area contributed by atoms with Crippen LogP contribution in [0.25, 0.3) is 0 Å². The van der Waals surface area contributed by atoms with Crippen molar-refractivity contribution in [2.24, 2.45) is 5.92 Å². The van der Waals surface area contributed by atoms with Gasteiger partial charge in [-0.2, -0.15) is 0 Å². The Morgan fingerprint density at radius 2 is 1.71 bits per heavy atom. The first-order chi connectivity index (χ1) is 13.0. The van der Waals surface area contributed by atoms with E-state index in [1.165, 1.54) is 17.0 Å². The van der Waals surface area contributed by atoms with Crippen molar-refractivity contribution < 1.29 is 22.7 Å². The largest absolute Gasteiger partial charge is 0.444 e. The molecule has 1 fully saturated rings. The zero-order chi connectivity index (χ0) is 20.9. The number of ether oxygens (including phenoxy) is 1. The summed E-state index contributed by atoms with van der Waals surface area (Å²) in [7, 11) is -3.89. The summed E-state index contributed by atoms with van der Waals surface area (Å²) in [6, 6.07) is 5.68. The molecule has 0 bridgehead atoms. The number of hydrogen-bond acceptors (Lipinski definition) is 5. The third kappa shape index (κ3) is 6.70. The fraction of sp³-hybridized carbons (Fsp3) is 0.579. The molecule has 8 nitrogen and oxygen atoms in total. The van der Waals surface area contributed by atoms with Gasteiger partial charge in [-0.1, -0.05) is 17.7 Å². The number of amides is 3. The van der Waals surface area contributed by atoms with E-state index in [1.54, 1.807) is 32.9 Å². The fourth-order valence-electron chi connectivity index (χ4n) is 2.84. The van der Waals surface area contributed by atoms with Crippen molar-refractivity contribution in [3.63, 3.8) is 0 Å². The van der Waals surface area contributed by atoms with E-state index in [0.29, 0.717) is 32.5 Å². The molecule has 0 atom stereocenters. The van der Waals surface area contributed by atoms with E-state index in [-0.39, 0.29) is 10.8 Å². The standard InChI is InChI=1S/C19H29N3O5S/c1-14-5-7-16(8-6-14)28(25,26)21-17(23)22-11-9-15(10-12-22)13-20-18(24)27-19(2,3)4/h5-8,15H,9-13H2,1-4H3,(H,20,24)(H,21,23). The summed E-state index contributed by atoms with van der Waals surface area (Å²) in [5, 5.41) is 2.74. The van der Waals surface area contributed by atoms with E-state index in [2.05, 4.69) is 10.0 Å². The minimum atomic E-state index is -3.89. The van der Waals surface area contributed by atoms with Crippen molar-refractivity contribution in [3.05, 3.63) is 29.8 Å². The molecule has 1 aromatic rings. The summed E-state index contributed by atoms with van der Waals surface area (Å²) in [6.07, 6.45) is 0.888. The summed E-state index contributed by atoms with van der Waals surface area (Å²) in [4.78, 5) is 25.6. The summed E-state index contributed by atoms with van der Waals surface area (Å²) >= 11 is 0. The molecule has 0 saturated carbocycles. The Morgan fingerprint density at radius 3 is 2.25 bits per heavy atom. The average Bonchev–Trinajstić information content (AvgIpc) is 2.59. The summed E-state index contributed by atoms with van der Waals surface area (Å²) in [5.74, 6) is 0.213. The predicted molar refractivity (Wildman–Crippen MR) is 105 cm³/mol. The third-order valence-corrected chi connectivity index (χ3v) is 5.72. The quantitative estimate of drug-likeness (QED) is 0.792. The SMILES string of the molecule is Cc1ccc(S(=O)(=O)NC(=O)N2CCC(CNC(=O)OC(C)(C)C)CC2)cc1. The van der Waals surface area contributed by atoms with Gasteiger partial charge < -0.3 is 15.0 Å². The van der Waals surface area contributed by atoms with Crippen LogP contribution in [0.2, 0.25) is 0 Å². The number of aryl methyl sites for hydroxylation is 1. The number of sulfonamides is 1. The molecular weight excluding hydrogens is 382 g/mol. The number of alkyl carbamates (subject to hydrolysis) is 1. The van der Waals surface area contributed by atoms with Crippen LogP contribution in [0, 0.1) is 12.8 Å². The van der Waals surface area contributed by atoms with E-state index >= 15 is 0 Å². The van der Waals surface area contributed by atoms with Crippen LogP contribution >= 0.6 is 0 Å². The number of carbonyl (C=O) groups is 2. The highest BCUT2D eigenvalue weighted by atomic mass is 32.2. The lowest BCUT2D eigenvalue weighted by Gasteiger charge is -2.32. The molecule has 1 heterocycles. The van der Waals surface area contributed by atoms with Crippen LogP contribution in [0.4, 0.5) is 9.59 Å². The Balaban J connectivity index is 1.80. The summed E-state index contributed by atoms with van der Waals surface area (Å²) in [5.41, 5.74) is 0.390. The van der Waals surface area contributed by atoms with Crippen molar-refractivity contribution >= 4 is 22.1 Å². The number of nitrogens with zero attached hydrogens (tertiary/aromatic N) is 1. The van der Waals surface area contributed by atoms with Gasteiger partial charge in [0.05, 0.1) is 4.90 Å². The van der Waals surface area contributed by atoms with Gasteiger partial charge in [0.2, 0.25) is 0 Å². The number of carbonyl (C=O) groups excluding carboxylic acids is 2. The molecule has 0 aliphatic carbocycles. The smallest absolute Gasteiger partial charge is 0.407 e. The Bertz CT molecular complexity index is 792. The molecule has 0 radical (unpaired) electrons. The lowest BCUT2D eigenvalue weighted by molar-refractivity contribution is 0.0511. The first-order valence-corrected chi connectivity index (χ1v) is 10.8. The number of likely N-dealkylation sites (tertiary alicyclic amines) is 1. The molecule has 1 aliphatic rings. The highest BCUT2D eigenvalue weighted by Crippen LogP contribution is 2.18. The highest BCUT2D eigenvalue weighted by molar-refractivity contribution is 7.90. The highest BCUT2D eigenvalue weighted by Gasteiger charge is 2.27. The normalized spacial score (nSPS) is 15.8. The third-order valence-electron chi connectivity index (χ3n) is 4.39. The van der Waals surface area contributed by atoms with Gasteiger partial charge in [0.1, 0.15) is 5.60 Å². The minimum Gasteiger partial charge on any atom is -0.444 e. The molecule has 1 saturated heterocycles. The van der Waals surface area contributed by atoms with Crippen molar-refractivity contribution in [1.29, 1.82) is 0 Å². The van der Waals surface area contributed by atoms with Crippen molar-refractivity contribution in [3.8, 4) is 0 Å². The van der Waals surface area contributed by atoms with Crippen LogP contribution in [0.1, 0.15) is 39.2 Å². The van der Waals surface area contributed by atoms with Crippen molar-refractivity contribution in [1.82, 2.24) is 14.9 Å². The Morgan fingerprint density at radius 1 is 1.14 bits per heavy atom. The predicted octanol–water partition coefficient (Wildman–Crippen LogP) is 2.63. The Kier molecular flexibility index (Phi) is 6.92. The number of urea groups is 1. The van der Waals surface area contributed by atoms with Gasteiger partial charge in [-0.15, -0.1) is 0 Å².